The van der Waals surface area contributed by atoms with E-state index in [2.05, 4.69) is 25.8 Å². The summed E-state index contributed by atoms with van der Waals surface area (Å²) in [5.41, 5.74) is 5.12. The number of rotatable bonds is 5. The van der Waals surface area contributed by atoms with Gasteiger partial charge in [-0.15, -0.1) is 0 Å². The highest BCUT2D eigenvalue weighted by molar-refractivity contribution is 6.34. The van der Waals surface area contributed by atoms with Crippen LogP contribution in [0.5, 0.6) is 0 Å². The average molecular weight is 490 g/mol. The second-order valence-electron chi connectivity index (χ2n) is 6.09. The molecule has 1 aromatic carbocycles. The molecule has 2 aromatic rings. The number of pyridine rings is 1. The van der Waals surface area contributed by atoms with Crippen LogP contribution in [0.2, 0.25) is 10.0 Å². The van der Waals surface area contributed by atoms with Crippen LogP contribution >= 0.6 is 23.2 Å². The van der Waals surface area contributed by atoms with Gasteiger partial charge < -0.3 is 11.1 Å². The van der Waals surface area contributed by atoms with E-state index >= 15 is 0 Å². The number of hydrogen-bond donors (Lipinski definition) is 3. The Kier molecular flexibility index (Phi) is 6.96. The van der Waals surface area contributed by atoms with Crippen molar-refractivity contribution in [3.05, 3.63) is 58.1 Å². The molecule has 0 radical (unpaired) electrons. The Labute approximate surface area is 188 Å². The number of hydrogen-bond acceptors (Lipinski definition) is 7. The molecule has 1 aliphatic heterocycles. The second kappa shape index (κ2) is 9.51. The Balaban J connectivity index is 1.89. The first-order valence-electron chi connectivity index (χ1n) is 8.66. The molecule has 1 aromatic heterocycles. The van der Waals surface area contributed by atoms with Gasteiger partial charge in [0.15, 0.2) is 11.5 Å². The third-order valence-corrected chi connectivity index (χ3v) is 4.47. The molecule has 4 N–H and O–H groups in total. The lowest BCUT2D eigenvalue weighted by Crippen LogP contribution is -2.32. The first kappa shape index (κ1) is 23.4. The lowest BCUT2D eigenvalue weighted by Gasteiger charge is -2.16. The third-order valence-electron chi connectivity index (χ3n) is 3.89. The lowest BCUT2D eigenvalue weighted by atomic mass is 10.1. The maximum absolute atomic E-state index is 13.7. The Bertz CT molecular complexity index is 1130. The fraction of sp³-hybridized carbons (Fsp3) is 0.111. The van der Waals surface area contributed by atoms with Crippen molar-refractivity contribution in [2.24, 2.45) is 15.8 Å². The van der Waals surface area contributed by atoms with Gasteiger partial charge in [0.05, 0.1) is 39.7 Å². The lowest BCUT2D eigenvalue weighted by molar-refractivity contribution is -0.113. The number of carbonyl (C=O) groups excluding carboxylic acids is 1. The number of aromatic nitrogens is 1. The number of amides is 1. The second-order valence-corrected chi connectivity index (χ2v) is 6.90. The largest absolute Gasteiger partial charge is 0.434 e. The zero-order valence-corrected chi connectivity index (χ0v) is 17.3. The minimum absolute atomic E-state index is 0.00684. The molecule has 1 aliphatic rings. The van der Waals surface area contributed by atoms with Gasteiger partial charge in [-0.3, -0.25) is 4.79 Å². The summed E-state index contributed by atoms with van der Waals surface area (Å²) in [6, 6.07) is 3.87. The van der Waals surface area contributed by atoms with Crippen LogP contribution in [0.4, 0.5) is 34.8 Å². The average Bonchev–Trinajstić information content (AvgIpc) is 3.23. The van der Waals surface area contributed by atoms with Crippen LogP contribution in [-0.2, 0) is 4.79 Å². The molecule has 0 saturated heterocycles. The summed E-state index contributed by atoms with van der Waals surface area (Å²) in [5, 5.41) is 7.17. The van der Waals surface area contributed by atoms with E-state index in [9.17, 15) is 22.4 Å². The number of nitrogens with two attached hydrogens (primary N) is 1. The number of anilines is 2. The van der Waals surface area contributed by atoms with E-state index in [0.29, 0.717) is 12.7 Å². The first-order valence-corrected chi connectivity index (χ1v) is 9.42. The van der Waals surface area contributed by atoms with Gasteiger partial charge in [0.2, 0.25) is 0 Å². The molecule has 3 rings (SSSR count). The number of alkyl halides is 3. The zero-order valence-electron chi connectivity index (χ0n) is 15.8. The molecular formula is C18H13Cl2F4N7O. The number of benzene rings is 1. The molecule has 14 heteroatoms. The highest BCUT2D eigenvalue weighted by Gasteiger charge is 2.40. The molecule has 0 unspecified atom stereocenters. The van der Waals surface area contributed by atoms with Crippen molar-refractivity contribution in [3.63, 3.8) is 0 Å². The molecular weight excluding hydrogens is 477 g/mol. The highest BCUT2D eigenvalue weighted by atomic mass is 35.5. The van der Waals surface area contributed by atoms with Gasteiger partial charge in [-0.05, 0) is 24.3 Å². The van der Waals surface area contributed by atoms with Crippen LogP contribution < -0.4 is 21.6 Å². The van der Waals surface area contributed by atoms with E-state index < -0.39 is 34.9 Å². The molecule has 0 atom stereocenters. The number of halogens is 6. The van der Waals surface area contributed by atoms with Crippen LogP contribution in [0.25, 0.3) is 0 Å². The summed E-state index contributed by atoms with van der Waals surface area (Å²) >= 11 is 11.9. The molecule has 8 nitrogen and oxygen atoms in total. The van der Waals surface area contributed by atoms with Crippen LogP contribution in [0.1, 0.15) is 0 Å². The van der Waals surface area contributed by atoms with E-state index in [1.807, 2.05) is 0 Å². The number of hydrazine groups is 1. The monoisotopic (exact) mass is 489 g/mol. The third kappa shape index (κ3) is 5.33. The van der Waals surface area contributed by atoms with E-state index in [-0.39, 0.29) is 21.6 Å². The van der Waals surface area contributed by atoms with E-state index in [4.69, 9.17) is 28.9 Å². The van der Waals surface area contributed by atoms with E-state index in [1.165, 1.54) is 17.4 Å². The normalized spacial score (nSPS) is 14.8. The fourth-order valence-corrected chi connectivity index (χ4v) is 2.96. The summed E-state index contributed by atoms with van der Waals surface area (Å²) in [6.07, 6.45) is -1.90. The first-order chi connectivity index (χ1) is 15.1. The quantitative estimate of drug-likeness (QED) is 0.334. The molecule has 0 spiro atoms. The maximum atomic E-state index is 13.7. The molecule has 0 bridgehead atoms. The highest BCUT2D eigenvalue weighted by Crippen LogP contribution is 2.31. The zero-order chi connectivity index (χ0) is 23.5. The van der Waals surface area contributed by atoms with Gasteiger partial charge >= 0.3 is 6.18 Å². The molecule has 0 aliphatic carbocycles. The number of nitrogens with zero attached hydrogens (tertiary/aromatic N) is 4. The Morgan fingerprint density at radius 3 is 2.59 bits per heavy atom. The number of hydrazone groups is 1. The Hall–Kier alpha value is -3.22. The van der Waals surface area contributed by atoms with Crippen molar-refractivity contribution in [2.45, 2.75) is 6.18 Å². The van der Waals surface area contributed by atoms with Gasteiger partial charge in [-0.2, -0.15) is 23.4 Å². The predicted octanol–water partition coefficient (Wildman–Crippen LogP) is 3.95. The smallest absolute Gasteiger partial charge is 0.404 e. The Morgan fingerprint density at radius 1 is 1.28 bits per heavy atom. The van der Waals surface area contributed by atoms with Crippen molar-refractivity contribution in [1.82, 2.24) is 10.4 Å². The van der Waals surface area contributed by atoms with Crippen LogP contribution in [0.15, 0.2) is 52.3 Å². The SMILES string of the molecule is NC=C(C(=O)Nc1cnc(N2N=CCN2)c(Cl)c1)C(=Nc1ccc(F)cc1Cl)C(F)(F)F. The van der Waals surface area contributed by atoms with Gasteiger partial charge in [0.25, 0.3) is 5.91 Å². The maximum Gasteiger partial charge on any atom is 0.434 e. The fourth-order valence-electron chi connectivity index (χ4n) is 2.50. The summed E-state index contributed by atoms with van der Waals surface area (Å²) in [5.74, 6) is -1.78. The number of aliphatic imine (C=N–C) groups is 1. The summed E-state index contributed by atoms with van der Waals surface area (Å²) in [6.45, 7) is 0.457. The minimum Gasteiger partial charge on any atom is -0.404 e. The number of carbonyl (C=O) groups is 1. The molecule has 32 heavy (non-hydrogen) atoms. The summed E-state index contributed by atoms with van der Waals surface area (Å²) in [7, 11) is 0. The minimum atomic E-state index is -5.08. The van der Waals surface area contributed by atoms with Crippen molar-refractivity contribution >= 4 is 58.2 Å². The number of nitrogens with one attached hydrogen (secondary N) is 2. The topological polar surface area (TPSA) is 108 Å². The molecule has 0 fully saturated rings. The van der Waals surface area contributed by atoms with Gasteiger partial charge in [0.1, 0.15) is 5.82 Å². The van der Waals surface area contributed by atoms with Crippen LogP contribution in [-0.4, -0.2) is 35.5 Å². The molecule has 168 valence electrons. The summed E-state index contributed by atoms with van der Waals surface area (Å²) in [4.78, 5) is 20.0. The van der Waals surface area contributed by atoms with Gasteiger partial charge in [-0.25, -0.2) is 19.8 Å². The van der Waals surface area contributed by atoms with Crippen LogP contribution in [0.3, 0.4) is 0 Å². The van der Waals surface area contributed by atoms with Crippen molar-refractivity contribution in [1.29, 1.82) is 0 Å². The van der Waals surface area contributed by atoms with Crippen molar-refractivity contribution in [3.8, 4) is 0 Å². The summed E-state index contributed by atoms with van der Waals surface area (Å²) < 4.78 is 54.2. The van der Waals surface area contributed by atoms with Crippen molar-refractivity contribution < 1.29 is 22.4 Å². The standard InChI is InChI=1S/C18H13Cl2F4N7O/c19-12-5-9(21)1-2-14(12)30-15(18(22,23)24)11(7-25)17(32)29-10-6-13(20)16(26-8-10)31-27-3-4-28-31/h1-3,5-8,28H,4,25H2,(H,29,32). The van der Waals surface area contributed by atoms with E-state index in [0.717, 1.165) is 18.2 Å². The van der Waals surface area contributed by atoms with Gasteiger partial charge in [0, 0.05) is 12.4 Å². The van der Waals surface area contributed by atoms with E-state index in [1.54, 1.807) is 6.21 Å². The van der Waals surface area contributed by atoms with Crippen molar-refractivity contribution in [2.75, 3.05) is 17.0 Å². The van der Waals surface area contributed by atoms with Gasteiger partial charge in [-0.1, -0.05) is 23.2 Å². The molecule has 2 heterocycles. The predicted molar refractivity (Wildman–Crippen MR) is 114 cm³/mol. The van der Waals surface area contributed by atoms with Crippen LogP contribution in [0, 0.1) is 5.82 Å². The molecule has 1 amide bonds. The Morgan fingerprint density at radius 2 is 2.03 bits per heavy atom. The molecule has 0 saturated carbocycles.